The van der Waals surface area contributed by atoms with E-state index in [-0.39, 0.29) is 99.7 Å². The second-order valence-corrected chi connectivity index (χ2v) is 9.77. The first-order valence-electron chi connectivity index (χ1n) is 8.97. The van der Waals surface area contributed by atoms with Crippen molar-refractivity contribution in [2.24, 2.45) is 10.2 Å². The molecule has 0 spiro atoms. The number of hydrogen-bond donors (Lipinski definition) is 2. The first-order chi connectivity index (χ1) is 14.5. The van der Waals surface area contributed by atoms with E-state index in [1.807, 2.05) is 37.3 Å². The Morgan fingerprint density at radius 3 is 1.79 bits per heavy atom. The van der Waals surface area contributed by atoms with Gasteiger partial charge in [0.15, 0.2) is 0 Å². The van der Waals surface area contributed by atoms with Crippen LogP contribution >= 0.6 is 0 Å². The van der Waals surface area contributed by atoms with Gasteiger partial charge in [0.05, 0.1) is 21.2 Å². The van der Waals surface area contributed by atoms with Gasteiger partial charge in [-0.15, -0.1) is 10.2 Å². The van der Waals surface area contributed by atoms with Crippen LogP contribution in [0.4, 0.5) is 11.4 Å². The van der Waals surface area contributed by atoms with Crippen molar-refractivity contribution < 1.29 is 25.9 Å². The summed E-state index contributed by atoms with van der Waals surface area (Å²) >= 11 is 0. The fourth-order valence-electron chi connectivity index (χ4n) is 3.32. The minimum absolute atomic E-state index is 0. The third-order valence-corrected chi connectivity index (χ3v) is 6.54. The zero-order valence-electron chi connectivity index (χ0n) is 16.1. The molecule has 8 nitrogen and oxygen atoms in total. The van der Waals surface area contributed by atoms with Gasteiger partial charge in [-0.1, -0.05) is 36.4 Å². The van der Waals surface area contributed by atoms with Gasteiger partial charge in [-0.2, -0.15) is 16.8 Å². The number of fused-ring (bicyclic) bond motifs is 2. The van der Waals surface area contributed by atoms with Crippen LogP contribution in [0, 0.1) is 6.92 Å². The molecule has 0 radical (unpaired) electrons. The number of benzene rings is 4. The maximum atomic E-state index is 11.7. The molecule has 34 heavy (non-hydrogen) atoms. The zero-order chi connectivity index (χ0) is 22.4. The van der Waals surface area contributed by atoms with E-state index in [2.05, 4.69) is 10.2 Å². The molecular formula is C21H19N2Na3O6S2. The molecule has 164 valence electrons. The van der Waals surface area contributed by atoms with Crippen LogP contribution in [-0.2, 0) is 20.2 Å². The van der Waals surface area contributed by atoms with Gasteiger partial charge < -0.3 is 0 Å². The summed E-state index contributed by atoms with van der Waals surface area (Å²) in [5.74, 6) is 0. The van der Waals surface area contributed by atoms with Crippen LogP contribution in [0.1, 0.15) is 5.56 Å². The summed E-state index contributed by atoms with van der Waals surface area (Å²) in [4.78, 5) is -0.893. The van der Waals surface area contributed by atoms with Gasteiger partial charge in [0.25, 0.3) is 20.2 Å². The Morgan fingerprint density at radius 2 is 1.18 bits per heavy atom. The van der Waals surface area contributed by atoms with Crippen LogP contribution in [0.3, 0.4) is 0 Å². The Labute approximate surface area is 263 Å². The van der Waals surface area contributed by atoms with Crippen LogP contribution in [0.2, 0.25) is 0 Å². The molecule has 0 aromatic heterocycles. The average molecular weight is 528 g/mol. The molecule has 0 saturated heterocycles. The minimum atomic E-state index is -4.60. The van der Waals surface area contributed by atoms with Gasteiger partial charge in [0.2, 0.25) is 0 Å². The molecule has 4 rings (SSSR count). The maximum absolute atomic E-state index is 11.7. The van der Waals surface area contributed by atoms with E-state index >= 15 is 0 Å². The van der Waals surface area contributed by atoms with E-state index in [1.165, 1.54) is 12.1 Å². The summed E-state index contributed by atoms with van der Waals surface area (Å²) in [6.07, 6.45) is 0. The van der Waals surface area contributed by atoms with Crippen molar-refractivity contribution in [3.05, 3.63) is 72.3 Å². The van der Waals surface area contributed by atoms with Gasteiger partial charge in [-0.05, 0) is 53.6 Å². The fraction of sp³-hybridized carbons (Fsp3) is 0.0476. The Kier molecular flexibility index (Phi) is 11.6. The van der Waals surface area contributed by atoms with E-state index in [0.717, 1.165) is 34.5 Å². The topological polar surface area (TPSA) is 133 Å². The van der Waals surface area contributed by atoms with Crippen LogP contribution in [-0.4, -0.2) is 115 Å². The molecule has 0 amide bonds. The van der Waals surface area contributed by atoms with Crippen molar-refractivity contribution in [3.8, 4) is 0 Å². The zero-order valence-corrected chi connectivity index (χ0v) is 17.7. The third-order valence-electron chi connectivity index (χ3n) is 4.86. The van der Waals surface area contributed by atoms with Crippen LogP contribution in [0.25, 0.3) is 21.5 Å². The van der Waals surface area contributed by atoms with E-state index in [1.54, 1.807) is 6.07 Å². The Hall–Kier alpha value is -0.180. The van der Waals surface area contributed by atoms with E-state index < -0.39 is 30.0 Å². The number of nitrogens with zero attached hydrogens (tertiary/aromatic N) is 2. The number of azo groups is 1. The van der Waals surface area contributed by atoms with Crippen molar-refractivity contribution in [1.82, 2.24) is 0 Å². The van der Waals surface area contributed by atoms with Crippen molar-refractivity contribution >= 4 is 142 Å². The van der Waals surface area contributed by atoms with Crippen molar-refractivity contribution in [2.45, 2.75) is 16.7 Å². The summed E-state index contributed by atoms with van der Waals surface area (Å²) in [5, 5.41) is 10.8. The molecule has 0 fully saturated rings. The van der Waals surface area contributed by atoms with Gasteiger partial charge in [0.1, 0.15) is 0 Å². The SMILES string of the molecule is Cc1ccc(N=Nc2cc(S(=O)(=O)O)cc3cc(S(=O)(=O)O)ccc23)c2ccccc12.[NaH].[NaH].[NaH]. The van der Waals surface area contributed by atoms with Crippen molar-refractivity contribution in [1.29, 1.82) is 0 Å². The first kappa shape index (κ1) is 31.8. The monoisotopic (exact) mass is 528 g/mol. The summed E-state index contributed by atoms with van der Waals surface area (Å²) in [7, 11) is -9.11. The van der Waals surface area contributed by atoms with Crippen molar-refractivity contribution in [3.63, 3.8) is 0 Å². The van der Waals surface area contributed by atoms with Gasteiger partial charge in [-0.25, -0.2) is 0 Å². The van der Waals surface area contributed by atoms with Crippen molar-refractivity contribution in [2.75, 3.05) is 0 Å². The number of rotatable bonds is 4. The molecule has 0 unspecified atom stereocenters. The average Bonchev–Trinajstić information content (AvgIpc) is 2.71. The van der Waals surface area contributed by atoms with Gasteiger partial charge in [0, 0.05) is 10.8 Å². The summed E-state index contributed by atoms with van der Waals surface area (Å²) in [5.41, 5.74) is 1.73. The Morgan fingerprint density at radius 1 is 0.618 bits per heavy atom. The molecule has 0 aliphatic rings. The number of aryl methyl sites for hydroxylation is 1. The predicted molar refractivity (Wildman–Crippen MR) is 138 cm³/mol. The number of hydrogen-bond acceptors (Lipinski definition) is 6. The second-order valence-electron chi connectivity index (χ2n) is 6.92. The third kappa shape index (κ3) is 6.98. The summed E-state index contributed by atoms with van der Waals surface area (Å²) < 4.78 is 65.1. The molecular weight excluding hydrogens is 509 g/mol. The Balaban J connectivity index is 0.00000193. The normalized spacial score (nSPS) is 11.6. The van der Waals surface area contributed by atoms with Gasteiger partial charge in [-0.3, -0.25) is 9.11 Å². The molecule has 0 aliphatic heterocycles. The van der Waals surface area contributed by atoms with Crippen LogP contribution < -0.4 is 0 Å². The Bertz CT molecular complexity index is 1600. The van der Waals surface area contributed by atoms with Gasteiger partial charge >= 0.3 is 88.7 Å². The first-order valence-corrected chi connectivity index (χ1v) is 11.8. The predicted octanol–water partition coefficient (Wildman–Crippen LogP) is 3.26. The molecule has 0 atom stereocenters. The summed E-state index contributed by atoms with van der Waals surface area (Å²) in [6, 6.07) is 17.2. The van der Waals surface area contributed by atoms with Crippen LogP contribution in [0.15, 0.2) is 86.7 Å². The molecule has 13 heteroatoms. The molecule has 0 aliphatic carbocycles. The quantitative estimate of drug-likeness (QED) is 0.237. The molecule has 0 heterocycles. The molecule has 2 N–H and O–H groups in total. The standard InChI is InChI=1S/C21H16N2O6S2.3Na.3H/c1-13-6-9-20(19-5-3-2-4-17(13)19)22-23-21-12-16(31(27,28)29)11-14-10-15(30(24,25)26)7-8-18(14)21;;;;;;/h2-12H,1H3,(H,24,25,26)(H,27,28,29);;;;;;. The fourth-order valence-corrected chi connectivity index (χ4v) is 4.37. The second kappa shape index (κ2) is 12.4. The van der Waals surface area contributed by atoms with E-state index in [9.17, 15) is 25.9 Å². The molecule has 4 aromatic carbocycles. The molecule has 0 bridgehead atoms. The van der Waals surface area contributed by atoms with E-state index in [0.29, 0.717) is 11.1 Å². The molecule has 0 saturated carbocycles. The molecule has 4 aromatic rings. The summed E-state index contributed by atoms with van der Waals surface area (Å²) in [6.45, 7) is 1.97. The van der Waals surface area contributed by atoms with E-state index in [4.69, 9.17) is 0 Å². The van der Waals surface area contributed by atoms with Crippen LogP contribution in [0.5, 0.6) is 0 Å².